The van der Waals surface area contributed by atoms with Crippen molar-refractivity contribution in [2.45, 2.75) is 38.6 Å². The van der Waals surface area contributed by atoms with Gasteiger partial charge in [-0.15, -0.1) is 0 Å². The van der Waals surface area contributed by atoms with Crippen LogP contribution in [0.1, 0.15) is 38.1 Å². The monoisotopic (exact) mass is 300 g/mol. The topological polar surface area (TPSA) is 109 Å². The van der Waals surface area contributed by atoms with Gasteiger partial charge in [0.15, 0.2) is 0 Å². The van der Waals surface area contributed by atoms with E-state index in [0.717, 1.165) is 6.07 Å². The molecule has 1 atom stereocenters. The van der Waals surface area contributed by atoms with Crippen molar-refractivity contribution in [3.63, 3.8) is 0 Å². The van der Waals surface area contributed by atoms with Gasteiger partial charge in [0.25, 0.3) is 0 Å². The third-order valence-electron chi connectivity index (χ3n) is 3.16. The van der Waals surface area contributed by atoms with E-state index in [2.05, 4.69) is 4.72 Å². The standard InChI is InChI=1S/C13H20N2O4S/c1-8(13(2,3)4)15-20(18,19)11-7-9(14)5-6-10(11)12(16)17/h5-8,15H,14H2,1-4H3,(H,16,17). The molecular weight excluding hydrogens is 280 g/mol. The SMILES string of the molecule is CC(NS(=O)(=O)c1cc(N)ccc1C(=O)O)C(C)(C)C. The first-order chi connectivity index (χ1) is 8.95. The first-order valence-corrected chi connectivity index (χ1v) is 7.58. The predicted molar refractivity (Wildman–Crippen MR) is 77.1 cm³/mol. The summed E-state index contributed by atoms with van der Waals surface area (Å²) in [4.78, 5) is 10.8. The first kappa shape index (κ1) is 16.5. The molecule has 0 saturated heterocycles. The van der Waals surface area contributed by atoms with Crippen LogP contribution in [0.3, 0.4) is 0 Å². The van der Waals surface area contributed by atoms with E-state index in [0.29, 0.717) is 0 Å². The Balaban J connectivity index is 3.29. The van der Waals surface area contributed by atoms with Gasteiger partial charge in [0.2, 0.25) is 10.0 Å². The molecule has 0 saturated carbocycles. The smallest absolute Gasteiger partial charge is 0.337 e. The van der Waals surface area contributed by atoms with Crippen LogP contribution < -0.4 is 10.5 Å². The van der Waals surface area contributed by atoms with E-state index in [9.17, 15) is 13.2 Å². The quantitative estimate of drug-likeness (QED) is 0.733. The van der Waals surface area contributed by atoms with Crippen molar-refractivity contribution >= 4 is 21.7 Å². The number of hydrogen-bond donors (Lipinski definition) is 3. The van der Waals surface area contributed by atoms with Gasteiger partial charge in [-0.3, -0.25) is 0 Å². The van der Waals surface area contributed by atoms with Crippen LogP contribution in [-0.2, 0) is 10.0 Å². The summed E-state index contributed by atoms with van der Waals surface area (Å²) >= 11 is 0. The average Bonchev–Trinajstić information content (AvgIpc) is 2.26. The van der Waals surface area contributed by atoms with Gasteiger partial charge in [-0.1, -0.05) is 20.8 Å². The Morgan fingerprint density at radius 3 is 2.35 bits per heavy atom. The number of sulfonamides is 1. The fourth-order valence-electron chi connectivity index (χ4n) is 1.41. The summed E-state index contributed by atoms with van der Waals surface area (Å²) in [6, 6.07) is 3.33. The summed E-state index contributed by atoms with van der Waals surface area (Å²) in [6.45, 7) is 7.39. The highest BCUT2D eigenvalue weighted by atomic mass is 32.2. The zero-order chi connectivity index (χ0) is 15.7. The minimum atomic E-state index is -3.95. The molecule has 1 aromatic rings. The molecule has 4 N–H and O–H groups in total. The first-order valence-electron chi connectivity index (χ1n) is 6.10. The maximum atomic E-state index is 12.3. The summed E-state index contributed by atoms with van der Waals surface area (Å²) in [5.74, 6) is -1.31. The number of carbonyl (C=O) groups is 1. The van der Waals surface area contributed by atoms with Crippen molar-refractivity contribution in [1.29, 1.82) is 0 Å². The molecule has 0 radical (unpaired) electrons. The lowest BCUT2D eigenvalue weighted by molar-refractivity contribution is 0.0692. The summed E-state index contributed by atoms with van der Waals surface area (Å²) in [7, 11) is -3.95. The molecule has 1 rings (SSSR count). The Labute approximate surface area is 119 Å². The Morgan fingerprint density at radius 2 is 1.90 bits per heavy atom. The van der Waals surface area contributed by atoms with Gasteiger partial charge >= 0.3 is 5.97 Å². The lowest BCUT2D eigenvalue weighted by atomic mass is 9.89. The molecule has 1 aromatic carbocycles. The van der Waals surface area contributed by atoms with Crippen LogP contribution in [0.2, 0.25) is 0 Å². The van der Waals surface area contributed by atoms with Gasteiger partial charge < -0.3 is 10.8 Å². The predicted octanol–water partition coefficient (Wildman–Crippen LogP) is 1.68. The second-order valence-corrected chi connectivity index (χ2v) is 7.45. The average molecular weight is 300 g/mol. The molecule has 0 fully saturated rings. The van der Waals surface area contributed by atoms with Crippen LogP contribution in [0.4, 0.5) is 5.69 Å². The van der Waals surface area contributed by atoms with Crippen LogP contribution in [-0.4, -0.2) is 25.5 Å². The largest absolute Gasteiger partial charge is 0.478 e. The summed E-state index contributed by atoms with van der Waals surface area (Å²) in [6.07, 6.45) is 0. The number of carboxylic acid groups (broad SMARTS) is 1. The lowest BCUT2D eigenvalue weighted by Crippen LogP contribution is -2.41. The number of carboxylic acids is 1. The van der Waals surface area contributed by atoms with E-state index in [1.165, 1.54) is 12.1 Å². The van der Waals surface area contributed by atoms with Crippen LogP contribution in [0.15, 0.2) is 23.1 Å². The normalized spacial score (nSPS) is 14.0. The van der Waals surface area contributed by atoms with E-state index >= 15 is 0 Å². The van der Waals surface area contributed by atoms with Gasteiger partial charge in [-0.25, -0.2) is 17.9 Å². The third kappa shape index (κ3) is 3.71. The van der Waals surface area contributed by atoms with Gasteiger partial charge in [0.05, 0.1) is 10.5 Å². The van der Waals surface area contributed by atoms with Crippen LogP contribution in [0.5, 0.6) is 0 Å². The molecule has 0 heterocycles. The Morgan fingerprint density at radius 1 is 1.35 bits per heavy atom. The lowest BCUT2D eigenvalue weighted by Gasteiger charge is -2.28. The van der Waals surface area contributed by atoms with Crippen molar-refractivity contribution < 1.29 is 18.3 Å². The number of aromatic carboxylic acids is 1. The van der Waals surface area contributed by atoms with Gasteiger partial charge in [-0.2, -0.15) is 0 Å². The van der Waals surface area contributed by atoms with Gasteiger partial charge in [0, 0.05) is 11.7 Å². The third-order valence-corrected chi connectivity index (χ3v) is 4.74. The Hall–Kier alpha value is -1.60. The molecule has 0 aromatic heterocycles. The summed E-state index contributed by atoms with van der Waals surface area (Å²) < 4.78 is 27.2. The van der Waals surface area contributed by atoms with Crippen molar-refractivity contribution in [1.82, 2.24) is 4.72 Å². The van der Waals surface area contributed by atoms with E-state index in [-0.39, 0.29) is 27.6 Å². The molecule has 1 unspecified atom stereocenters. The summed E-state index contributed by atoms with van der Waals surface area (Å²) in [5.41, 5.74) is 5.16. The molecule has 7 heteroatoms. The van der Waals surface area contributed by atoms with Crippen molar-refractivity contribution in [2.24, 2.45) is 5.41 Å². The molecule has 6 nitrogen and oxygen atoms in total. The maximum Gasteiger partial charge on any atom is 0.337 e. The van der Waals surface area contributed by atoms with E-state index in [1.54, 1.807) is 6.92 Å². The second-order valence-electron chi connectivity index (χ2n) is 5.77. The molecule has 0 aliphatic carbocycles. The second kappa shape index (κ2) is 5.41. The van der Waals surface area contributed by atoms with Gasteiger partial charge in [0.1, 0.15) is 0 Å². The highest BCUT2D eigenvalue weighted by Gasteiger charge is 2.28. The molecule has 112 valence electrons. The Bertz CT molecular complexity index is 618. The zero-order valence-corrected chi connectivity index (χ0v) is 12.8. The zero-order valence-electron chi connectivity index (χ0n) is 12.0. The van der Waals surface area contributed by atoms with Crippen LogP contribution in [0, 0.1) is 5.41 Å². The fraction of sp³-hybridized carbons (Fsp3) is 0.462. The number of hydrogen-bond acceptors (Lipinski definition) is 4. The van der Waals surface area contributed by atoms with E-state index < -0.39 is 16.0 Å². The van der Waals surface area contributed by atoms with Crippen molar-refractivity contribution in [3.05, 3.63) is 23.8 Å². The molecular formula is C13H20N2O4S. The van der Waals surface area contributed by atoms with Gasteiger partial charge in [-0.05, 0) is 30.5 Å². The highest BCUT2D eigenvalue weighted by molar-refractivity contribution is 7.89. The van der Waals surface area contributed by atoms with Crippen LogP contribution >= 0.6 is 0 Å². The fourth-order valence-corrected chi connectivity index (χ4v) is 3.09. The Kier molecular flexibility index (Phi) is 4.45. The number of benzene rings is 1. The highest BCUT2D eigenvalue weighted by Crippen LogP contribution is 2.23. The molecule has 0 spiro atoms. The van der Waals surface area contributed by atoms with Crippen molar-refractivity contribution in [2.75, 3.05) is 5.73 Å². The number of nitrogens with one attached hydrogen (secondary N) is 1. The van der Waals surface area contributed by atoms with E-state index in [1.807, 2.05) is 20.8 Å². The maximum absolute atomic E-state index is 12.3. The van der Waals surface area contributed by atoms with E-state index in [4.69, 9.17) is 10.8 Å². The molecule has 0 aliphatic rings. The number of nitrogen functional groups attached to an aromatic ring is 1. The summed E-state index contributed by atoms with van der Waals surface area (Å²) in [5, 5.41) is 9.08. The van der Waals surface area contributed by atoms with Crippen LogP contribution in [0.25, 0.3) is 0 Å². The number of rotatable bonds is 4. The molecule has 20 heavy (non-hydrogen) atoms. The molecule has 0 bridgehead atoms. The minimum absolute atomic E-state index is 0.193. The molecule has 0 amide bonds. The molecule has 0 aliphatic heterocycles. The minimum Gasteiger partial charge on any atom is -0.478 e. The number of anilines is 1. The van der Waals surface area contributed by atoms with Crippen molar-refractivity contribution in [3.8, 4) is 0 Å². The number of nitrogens with two attached hydrogens (primary N) is 1.